The lowest BCUT2D eigenvalue weighted by Crippen LogP contribution is -2.13. The number of sulfone groups is 1. The number of ketones is 1. The van der Waals surface area contributed by atoms with Gasteiger partial charge in [-0.25, -0.2) is 8.42 Å². The fourth-order valence-electron chi connectivity index (χ4n) is 1.54. The molecule has 4 nitrogen and oxygen atoms in total. The van der Waals surface area contributed by atoms with Crippen LogP contribution in [0.15, 0.2) is 17.5 Å². The normalized spacial score (nSPS) is 11.6. The van der Waals surface area contributed by atoms with Crippen molar-refractivity contribution in [1.29, 1.82) is 0 Å². The van der Waals surface area contributed by atoms with E-state index in [0.29, 0.717) is 30.7 Å². The van der Waals surface area contributed by atoms with Crippen LogP contribution in [0.2, 0.25) is 0 Å². The summed E-state index contributed by atoms with van der Waals surface area (Å²) in [5, 5.41) is 1.84. The quantitative estimate of drug-likeness (QED) is 0.516. The lowest BCUT2D eigenvalue weighted by molar-refractivity contribution is 0.0986. The van der Waals surface area contributed by atoms with Gasteiger partial charge >= 0.3 is 0 Å². The fourth-order valence-corrected chi connectivity index (χ4v) is 3.58. The van der Waals surface area contributed by atoms with E-state index in [2.05, 4.69) is 0 Å². The van der Waals surface area contributed by atoms with E-state index in [1.54, 1.807) is 13.2 Å². The van der Waals surface area contributed by atoms with Gasteiger partial charge in [0.2, 0.25) is 0 Å². The zero-order chi connectivity index (χ0) is 13.4. The van der Waals surface area contributed by atoms with Gasteiger partial charge in [-0.05, 0) is 24.3 Å². The van der Waals surface area contributed by atoms with Gasteiger partial charge in [-0.1, -0.05) is 6.07 Å². The van der Waals surface area contributed by atoms with Crippen LogP contribution in [0.4, 0.5) is 0 Å². The van der Waals surface area contributed by atoms with E-state index in [-0.39, 0.29) is 17.3 Å². The first-order chi connectivity index (χ1) is 8.55. The summed E-state index contributed by atoms with van der Waals surface area (Å²) in [6, 6.07) is 3.58. The van der Waals surface area contributed by atoms with E-state index in [0.717, 1.165) is 0 Å². The van der Waals surface area contributed by atoms with Crippen LogP contribution in [0.5, 0.6) is 0 Å². The van der Waals surface area contributed by atoms with Crippen LogP contribution in [-0.4, -0.2) is 39.4 Å². The number of carbonyl (C=O) groups excluding carboxylic acids is 1. The number of methoxy groups -OCH3 is 1. The first kappa shape index (κ1) is 15.3. The second kappa shape index (κ2) is 7.66. The zero-order valence-corrected chi connectivity index (χ0v) is 12.1. The summed E-state index contributed by atoms with van der Waals surface area (Å²) in [4.78, 5) is 12.3. The Kier molecular flexibility index (Phi) is 6.52. The third-order valence-corrected chi connectivity index (χ3v) is 5.19. The van der Waals surface area contributed by atoms with Crippen LogP contribution in [0.3, 0.4) is 0 Å². The van der Waals surface area contributed by atoms with Gasteiger partial charge in [-0.15, -0.1) is 11.3 Å². The van der Waals surface area contributed by atoms with Crippen molar-refractivity contribution in [3.63, 3.8) is 0 Å². The molecule has 0 unspecified atom stereocenters. The molecule has 0 atom stereocenters. The standard InChI is InChI=1S/C12H18O4S2/c1-16-7-4-10-18(14,15)9-3-5-11(13)12-6-2-8-17-12/h2,6,8H,3-5,7,9-10H2,1H3. The maximum atomic E-state index is 11.6. The molecular weight excluding hydrogens is 272 g/mol. The summed E-state index contributed by atoms with van der Waals surface area (Å²) in [7, 11) is -1.50. The van der Waals surface area contributed by atoms with E-state index in [4.69, 9.17) is 4.74 Å². The largest absolute Gasteiger partial charge is 0.385 e. The predicted octanol–water partition coefficient (Wildman–Crippen LogP) is 2.16. The van der Waals surface area contributed by atoms with Crippen LogP contribution in [0.1, 0.15) is 28.9 Å². The zero-order valence-electron chi connectivity index (χ0n) is 10.4. The first-order valence-corrected chi connectivity index (χ1v) is 8.51. The van der Waals surface area contributed by atoms with Crippen molar-refractivity contribution in [3.05, 3.63) is 22.4 Å². The lowest BCUT2D eigenvalue weighted by atomic mass is 10.2. The molecule has 0 amide bonds. The minimum atomic E-state index is -3.05. The van der Waals surface area contributed by atoms with Gasteiger partial charge in [-0.2, -0.15) is 0 Å². The molecule has 0 radical (unpaired) electrons. The van der Waals surface area contributed by atoms with Gasteiger partial charge in [0.1, 0.15) is 9.84 Å². The van der Waals surface area contributed by atoms with E-state index >= 15 is 0 Å². The maximum absolute atomic E-state index is 11.6. The summed E-state index contributed by atoms with van der Waals surface area (Å²) in [5.74, 6) is 0.235. The van der Waals surface area contributed by atoms with Gasteiger partial charge in [-0.3, -0.25) is 4.79 Å². The summed E-state index contributed by atoms with van der Waals surface area (Å²) < 4.78 is 28.0. The molecule has 0 saturated heterocycles. The average molecular weight is 290 g/mol. The molecule has 1 aromatic heterocycles. The minimum Gasteiger partial charge on any atom is -0.385 e. The molecule has 0 N–H and O–H groups in total. The molecule has 1 rings (SSSR count). The molecule has 0 aliphatic carbocycles. The molecule has 18 heavy (non-hydrogen) atoms. The Morgan fingerprint density at radius 1 is 1.33 bits per heavy atom. The minimum absolute atomic E-state index is 0.0251. The smallest absolute Gasteiger partial charge is 0.172 e. The highest BCUT2D eigenvalue weighted by molar-refractivity contribution is 7.91. The number of rotatable bonds is 9. The van der Waals surface area contributed by atoms with Crippen LogP contribution in [-0.2, 0) is 14.6 Å². The number of ether oxygens (including phenoxy) is 1. The third-order valence-electron chi connectivity index (χ3n) is 2.46. The van der Waals surface area contributed by atoms with Crippen LogP contribution >= 0.6 is 11.3 Å². The Hall–Kier alpha value is -0.720. The Morgan fingerprint density at radius 2 is 2.06 bits per heavy atom. The number of hydrogen-bond acceptors (Lipinski definition) is 5. The average Bonchev–Trinajstić information content (AvgIpc) is 2.82. The number of thiophene rings is 1. The monoisotopic (exact) mass is 290 g/mol. The van der Waals surface area contributed by atoms with E-state index < -0.39 is 9.84 Å². The number of carbonyl (C=O) groups is 1. The second-order valence-corrected chi connectivity index (χ2v) is 7.25. The van der Waals surface area contributed by atoms with Crippen molar-refractivity contribution >= 4 is 27.0 Å². The van der Waals surface area contributed by atoms with E-state index in [9.17, 15) is 13.2 Å². The molecule has 1 aromatic rings. The number of hydrogen-bond donors (Lipinski definition) is 0. The van der Waals surface area contributed by atoms with Crippen molar-refractivity contribution in [1.82, 2.24) is 0 Å². The molecule has 1 heterocycles. The summed E-state index contributed by atoms with van der Waals surface area (Å²) in [6.07, 6.45) is 1.20. The Balaban J connectivity index is 2.26. The summed E-state index contributed by atoms with van der Waals surface area (Å²) in [6.45, 7) is 0.452. The highest BCUT2D eigenvalue weighted by atomic mass is 32.2. The highest BCUT2D eigenvalue weighted by Crippen LogP contribution is 2.12. The van der Waals surface area contributed by atoms with Crippen molar-refractivity contribution in [2.45, 2.75) is 19.3 Å². The van der Waals surface area contributed by atoms with Crippen LogP contribution < -0.4 is 0 Å². The summed E-state index contributed by atoms with van der Waals surface area (Å²) in [5.41, 5.74) is 0. The van der Waals surface area contributed by atoms with Gasteiger partial charge in [0.15, 0.2) is 5.78 Å². The summed E-state index contributed by atoms with van der Waals surface area (Å²) >= 11 is 1.39. The maximum Gasteiger partial charge on any atom is 0.172 e. The van der Waals surface area contributed by atoms with Crippen LogP contribution in [0, 0.1) is 0 Å². The second-order valence-electron chi connectivity index (χ2n) is 4.00. The molecule has 0 bridgehead atoms. The Bertz CT molecular complexity index is 448. The van der Waals surface area contributed by atoms with Gasteiger partial charge in [0.25, 0.3) is 0 Å². The van der Waals surface area contributed by atoms with Gasteiger partial charge in [0, 0.05) is 20.1 Å². The SMILES string of the molecule is COCCCS(=O)(=O)CCCC(=O)c1cccs1. The number of Topliss-reactive ketones (excluding diaryl/α,β-unsaturated/α-hetero) is 1. The molecule has 0 saturated carbocycles. The molecule has 6 heteroatoms. The van der Waals surface area contributed by atoms with Gasteiger partial charge < -0.3 is 4.74 Å². The predicted molar refractivity (Wildman–Crippen MR) is 73.0 cm³/mol. The molecule has 0 fully saturated rings. The molecule has 0 spiro atoms. The molecule has 0 aliphatic heterocycles. The van der Waals surface area contributed by atoms with Crippen LogP contribution in [0.25, 0.3) is 0 Å². The molecule has 102 valence electrons. The topological polar surface area (TPSA) is 60.4 Å². The van der Waals surface area contributed by atoms with E-state index in [1.807, 2.05) is 11.4 Å². The fraction of sp³-hybridized carbons (Fsp3) is 0.583. The van der Waals surface area contributed by atoms with Crippen molar-refractivity contribution < 1.29 is 17.9 Å². The molecule has 0 aromatic carbocycles. The van der Waals surface area contributed by atoms with Crippen molar-refractivity contribution in [2.75, 3.05) is 25.2 Å². The third kappa shape index (κ3) is 5.75. The molecular formula is C12H18O4S2. The first-order valence-electron chi connectivity index (χ1n) is 5.81. The van der Waals surface area contributed by atoms with E-state index in [1.165, 1.54) is 11.3 Å². The van der Waals surface area contributed by atoms with Crippen molar-refractivity contribution in [2.24, 2.45) is 0 Å². The highest BCUT2D eigenvalue weighted by Gasteiger charge is 2.12. The Morgan fingerprint density at radius 3 is 2.67 bits per heavy atom. The lowest BCUT2D eigenvalue weighted by Gasteiger charge is -2.03. The molecule has 0 aliphatic rings. The Labute approximate surface area is 112 Å². The van der Waals surface area contributed by atoms with Gasteiger partial charge in [0.05, 0.1) is 16.4 Å². The van der Waals surface area contributed by atoms with Crippen molar-refractivity contribution in [3.8, 4) is 0 Å².